The normalized spacial score (nSPS) is 26.0. The predicted octanol–water partition coefficient (Wildman–Crippen LogP) is 2.45. The number of amides is 6. The highest BCUT2D eigenvalue weighted by molar-refractivity contribution is 8.00. The van der Waals surface area contributed by atoms with Crippen LogP contribution in [0.5, 0.6) is 0 Å². The lowest BCUT2D eigenvalue weighted by molar-refractivity contribution is -0.141. The van der Waals surface area contributed by atoms with Gasteiger partial charge in [-0.2, -0.15) is 23.5 Å². The lowest BCUT2D eigenvalue weighted by Gasteiger charge is -2.38. The number of rotatable bonds is 9. The summed E-state index contributed by atoms with van der Waals surface area (Å²) in [6.45, 7) is 15.7. The Morgan fingerprint density at radius 2 is 1.62 bits per heavy atom. The number of carbonyl (C=O) groups excluding carboxylic acids is 6. The van der Waals surface area contributed by atoms with Gasteiger partial charge < -0.3 is 37.1 Å². The van der Waals surface area contributed by atoms with E-state index in [2.05, 4.69) is 26.6 Å². The number of nitrogens with two attached hydrogens (primary N) is 1. The number of carbonyl (C=O) groups is 6. The standard InChI is InChI=1S/C37H63N7O7S2/c1-9-24(7)31-35(49)41-28(32(38)46)20-52-18-25(8)39-26(10-2)19-53-21-29(40-30(45)12-11-22(3)4)34(48)44-37(13-15-51-16-14-37)36(50)42-27(17-23(5)6)33(47)43-31/h10,22-24,27-29,31H,9,11-21H2,1-8H3,(H2,38,46)(H,40,45)(H,41,49)(H,42,50)(H,43,47)(H,44,48)/t24-,27-,28-,29?,31-/m0/s1. The molecule has 1 saturated heterocycles. The number of thioether (sulfide) groups is 2. The van der Waals surface area contributed by atoms with Crippen molar-refractivity contribution in [1.29, 1.82) is 0 Å². The van der Waals surface area contributed by atoms with E-state index in [1.165, 1.54) is 23.5 Å². The molecule has 2 aliphatic heterocycles. The minimum atomic E-state index is -1.41. The molecule has 16 heteroatoms. The first-order chi connectivity index (χ1) is 25.0. The third kappa shape index (κ3) is 15.6. The molecule has 1 spiro atoms. The Balaban J connectivity index is 2.58. The van der Waals surface area contributed by atoms with E-state index in [4.69, 9.17) is 15.5 Å². The van der Waals surface area contributed by atoms with Crippen molar-refractivity contribution in [2.24, 2.45) is 28.5 Å². The van der Waals surface area contributed by atoms with E-state index in [1.807, 2.05) is 61.5 Å². The maximum atomic E-state index is 14.3. The Morgan fingerprint density at radius 1 is 0.962 bits per heavy atom. The highest BCUT2D eigenvalue weighted by Crippen LogP contribution is 2.23. The van der Waals surface area contributed by atoms with Gasteiger partial charge >= 0.3 is 0 Å². The molecule has 1 fully saturated rings. The molecule has 0 bridgehead atoms. The van der Waals surface area contributed by atoms with Gasteiger partial charge in [0, 0.05) is 66.9 Å². The van der Waals surface area contributed by atoms with Gasteiger partial charge in [0.1, 0.15) is 29.7 Å². The lowest BCUT2D eigenvalue weighted by Crippen LogP contribution is -2.66. The highest BCUT2D eigenvalue weighted by Gasteiger charge is 2.44. The molecular weight excluding hydrogens is 719 g/mol. The fraction of sp³-hybridized carbons (Fsp3) is 0.757. The number of aliphatic imine (C=N–C) groups is 1. The maximum absolute atomic E-state index is 14.3. The summed E-state index contributed by atoms with van der Waals surface area (Å²) in [6.07, 6.45) is 3.90. The van der Waals surface area contributed by atoms with Crippen molar-refractivity contribution in [3.8, 4) is 0 Å². The predicted molar refractivity (Wildman–Crippen MR) is 212 cm³/mol. The molecule has 7 N–H and O–H groups in total. The number of nitrogens with zero attached hydrogens (tertiary/aromatic N) is 1. The van der Waals surface area contributed by atoms with Crippen molar-refractivity contribution in [3.05, 3.63) is 11.8 Å². The van der Waals surface area contributed by atoms with Crippen LogP contribution in [0.2, 0.25) is 0 Å². The molecule has 2 aliphatic rings. The molecule has 0 aromatic carbocycles. The number of hydrogen-bond donors (Lipinski definition) is 6. The van der Waals surface area contributed by atoms with Gasteiger partial charge in [-0.25, -0.2) is 0 Å². The minimum Gasteiger partial charge on any atom is -0.381 e. The van der Waals surface area contributed by atoms with Crippen molar-refractivity contribution in [1.82, 2.24) is 26.6 Å². The van der Waals surface area contributed by atoms with Gasteiger partial charge in [0.25, 0.3) is 0 Å². The topological polar surface area (TPSA) is 210 Å². The third-order valence-electron chi connectivity index (χ3n) is 9.32. The molecular formula is C37H63N7O7S2. The Labute approximate surface area is 323 Å². The molecule has 5 atom stereocenters. The summed E-state index contributed by atoms with van der Waals surface area (Å²) in [5, 5.41) is 14.4. The van der Waals surface area contributed by atoms with Crippen molar-refractivity contribution < 1.29 is 33.5 Å². The quantitative estimate of drug-likeness (QED) is 0.203. The molecule has 14 nitrogen and oxygen atoms in total. The maximum Gasteiger partial charge on any atom is 0.246 e. The van der Waals surface area contributed by atoms with Crippen molar-refractivity contribution in [2.75, 3.05) is 36.2 Å². The molecule has 300 valence electrons. The van der Waals surface area contributed by atoms with Crippen molar-refractivity contribution in [3.63, 3.8) is 0 Å². The van der Waals surface area contributed by atoms with Crippen LogP contribution in [0.25, 0.3) is 0 Å². The molecule has 0 aromatic heterocycles. The zero-order chi connectivity index (χ0) is 39.7. The van der Waals surface area contributed by atoms with E-state index >= 15 is 0 Å². The molecule has 1 unspecified atom stereocenters. The largest absolute Gasteiger partial charge is 0.381 e. The number of ether oxygens (including phenoxy) is 1. The lowest BCUT2D eigenvalue weighted by atomic mass is 9.87. The summed E-state index contributed by atoms with van der Waals surface area (Å²) in [4.78, 5) is 86.2. The zero-order valence-electron chi connectivity index (χ0n) is 32.8. The van der Waals surface area contributed by atoms with E-state index in [-0.39, 0.29) is 68.1 Å². The van der Waals surface area contributed by atoms with Gasteiger partial charge in [0.15, 0.2) is 0 Å². The smallest absolute Gasteiger partial charge is 0.246 e. The number of primary amides is 1. The summed E-state index contributed by atoms with van der Waals surface area (Å²) in [5.41, 5.74) is 5.84. The summed E-state index contributed by atoms with van der Waals surface area (Å²) < 4.78 is 5.59. The van der Waals surface area contributed by atoms with E-state index in [1.54, 1.807) is 0 Å². The Morgan fingerprint density at radius 3 is 2.21 bits per heavy atom. The fourth-order valence-electron chi connectivity index (χ4n) is 5.80. The first kappa shape index (κ1) is 46.0. The van der Waals surface area contributed by atoms with Crippen LogP contribution in [-0.4, -0.2) is 107 Å². The van der Waals surface area contributed by atoms with Crippen LogP contribution in [0, 0.1) is 17.8 Å². The first-order valence-corrected chi connectivity index (χ1v) is 21.1. The average Bonchev–Trinajstić information content (AvgIpc) is 3.10. The van der Waals surface area contributed by atoms with E-state index in [0.29, 0.717) is 30.3 Å². The second-order valence-corrected chi connectivity index (χ2v) is 16.9. The van der Waals surface area contributed by atoms with Crippen LogP contribution < -0.4 is 32.3 Å². The summed E-state index contributed by atoms with van der Waals surface area (Å²) in [5.74, 6) is -1.83. The van der Waals surface area contributed by atoms with Gasteiger partial charge in [-0.3, -0.25) is 33.8 Å². The van der Waals surface area contributed by atoms with Crippen LogP contribution in [0.3, 0.4) is 0 Å². The Kier molecular flexibility index (Phi) is 19.9. The van der Waals surface area contributed by atoms with Crippen molar-refractivity contribution >= 4 is 64.7 Å². The van der Waals surface area contributed by atoms with Crippen LogP contribution in [0.4, 0.5) is 0 Å². The van der Waals surface area contributed by atoms with E-state index < -0.39 is 59.2 Å². The molecule has 0 saturated carbocycles. The summed E-state index contributed by atoms with van der Waals surface area (Å²) >= 11 is 2.82. The minimum absolute atomic E-state index is 0.0199. The SMILES string of the molecule is CC=C1CSCC(NC(=O)CCC(C)C)C(=O)NC2(CCOCC2)C(=O)N[C@@H](CC(C)C)C(=O)N[C@@H]([C@@H](C)CC)C(=O)N[C@H](C(N)=O)CSCC(C)=N1. The highest BCUT2D eigenvalue weighted by atomic mass is 32.2. The van der Waals surface area contributed by atoms with E-state index in [0.717, 1.165) is 11.4 Å². The molecule has 0 aliphatic carbocycles. The van der Waals surface area contributed by atoms with Gasteiger partial charge in [0.2, 0.25) is 35.4 Å². The number of nitrogens with one attached hydrogen (secondary N) is 5. The monoisotopic (exact) mass is 781 g/mol. The van der Waals surface area contributed by atoms with Crippen LogP contribution >= 0.6 is 23.5 Å². The molecule has 53 heavy (non-hydrogen) atoms. The van der Waals surface area contributed by atoms with Gasteiger partial charge in [0.05, 0.1) is 0 Å². The fourth-order valence-corrected chi connectivity index (χ4v) is 7.79. The molecule has 0 aromatic rings. The molecule has 6 amide bonds. The van der Waals surface area contributed by atoms with Gasteiger partial charge in [-0.1, -0.05) is 54.0 Å². The average molecular weight is 782 g/mol. The second-order valence-electron chi connectivity index (χ2n) is 14.9. The Hall–Kier alpha value is -3.11. The second kappa shape index (κ2) is 23.0. The molecule has 2 heterocycles. The molecule has 2 rings (SSSR count). The van der Waals surface area contributed by atoms with Gasteiger partial charge in [-0.05, 0) is 44.4 Å². The number of hydrogen-bond acceptors (Lipinski definition) is 10. The third-order valence-corrected chi connectivity index (χ3v) is 11.6. The van der Waals surface area contributed by atoms with Crippen LogP contribution in [0.1, 0.15) is 93.9 Å². The Bertz CT molecular complexity index is 1330. The first-order valence-electron chi connectivity index (χ1n) is 18.8. The van der Waals surface area contributed by atoms with Crippen molar-refractivity contribution in [2.45, 2.75) is 124 Å². The molecule has 0 radical (unpaired) electrons. The number of allylic oxidation sites excluding steroid dienone is 1. The van der Waals surface area contributed by atoms with Crippen LogP contribution in [0.15, 0.2) is 16.8 Å². The van der Waals surface area contributed by atoms with E-state index in [9.17, 15) is 28.8 Å². The van der Waals surface area contributed by atoms with Gasteiger partial charge in [-0.15, -0.1) is 0 Å². The van der Waals surface area contributed by atoms with Crippen LogP contribution in [-0.2, 0) is 33.5 Å². The zero-order valence-corrected chi connectivity index (χ0v) is 34.4. The summed E-state index contributed by atoms with van der Waals surface area (Å²) in [6, 6.07) is -3.99. The summed E-state index contributed by atoms with van der Waals surface area (Å²) in [7, 11) is 0.